The van der Waals surface area contributed by atoms with Gasteiger partial charge in [0.05, 0.1) is 25.1 Å². The summed E-state index contributed by atoms with van der Waals surface area (Å²) < 4.78 is 0. The smallest absolute Gasteiger partial charge is 0.254 e. The minimum Gasteiger partial charge on any atom is -0.508 e. The van der Waals surface area contributed by atoms with Gasteiger partial charge in [0.2, 0.25) is 47.3 Å². The number of aromatic nitrogens is 1. The molecule has 1 aliphatic heterocycles. The predicted octanol–water partition coefficient (Wildman–Crippen LogP) is 2.85. The normalized spacial score (nSPS) is 15.8. The van der Waals surface area contributed by atoms with Crippen molar-refractivity contribution in [3.8, 4) is 5.75 Å². The Morgan fingerprint density at radius 1 is 0.737 bits per heavy atom. The molecular weight excluding hydrogens is 1240 g/mol. The fraction of sp³-hybridized carbons (Fsp3) is 0.449. The number of hydrogen-bond acceptors (Lipinski definition) is 16. The molecule has 510 valence electrons. The average Bonchev–Trinajstić information content (AvgIpc) is 1.07. The largest absolute Gasteiger partial charge is 0.508 e. The molecule has 1 aromatic heterocycles. The molecule has 0 aliphatic carbocycles. The summed E-state index contributed by atoms with van der Waals surface area (Å²) in [6.07, 6.45) is 4.47. The van der Waals surface area contributed by atoms with Gasteiger partial charge in [-0.2, -0.15) is 0 Å². The van der Waals surface area contributed by atoms with Gasteiger partial charge in [0.25, 0.3) is 5.91 Å². The van der Waals surface area contributed by atoms with Crippen molar-refractivity contribution in [1.82, 2.24) is 46.7 Å². The molecule has 0 spiro atoms. The number of likely N-dealkylation sites (N-methyl/N-ethyl adjacent to an activating group) is 1. The summed E-state index contributed by atoms with van der Waals surface area (Å²) in [5.41, 5.74) is 11.4. The molecule has 5 aromatic rings. The van der Waals surface area contributed by atoms with Crippen molar-refractivity contribution >= 4 is 93.3 Å². The standard InChI is InChI=1S/C69H89ClN12O13/c1-41(2)32-55(62(89)75-54(18-10-11-30-74-42(3)4)67(94)81-31-13-17-51(81)39-83)76-64(91)57(37-60(72)87)77-65(92)59(36-44-20-27-52(86)28-21-44)80(7)66(93)58(40-84)78-63(90)56(35-46-14-12-29-73-38-46)79-68(95)69(6,82(43(5)85)50-25-23-49(70)24-26-50)61(88)53(71)34-45-19-22-47-15-8-9-16-48(47)33-45/h8-9,12,14-16,19-29,33,38-39,41-42,51,53-59,74,84,86H,10-11,13,17-18,30-32,34-37,40,71H2,1-7H3,(H2,72,87)(H,75,89)(H,76,91)(H,77,92)(H,78,90)(H,79,95)/t51-,53+,54-,55-,56+,57+,58-,59-,69?/m0/s1. The second-order valence-electron chi connectivity index (χ2n) is 24.9. The lowest BCUT2D eigenvalue weighted by molar-refractivity contribution is -0.144. The van der Waals surface area contributed by atoms with Gasteiger partial charge >= 0.3 is 0 Å². The number of carbonyl (C=O) groups is 11. The number of phenols is 1. The van der Waals surface area contributed by atoms with Crippen LogP contribution in [0.4, 0.5) is 5.69 Å². The lowest BCUT2D eigenvalue weighted by Crippen LogP contribution is -2.69. The zero-order chi connectivity index (χ0) is 69.7. The summed E-state index contributed by atoms with van der Waals surface area (Å²) in [5, 5.41) is 39.7. The highest BCUT2D eigenvalue weighted by molar-refractivity contribution is 6.30. The molecule has 1 unspecified atom stereocenters. The number of amides is 9. The Labute approximate surface area is 558 Å². The Bertz CT molecular complexity index is 3510. The summed E-state index contributed by atoms with van der Waals surface area (Å²) in [6, 6.07) is 16.2. The molecule has 9 amide bonds. The molecule has 1 saturated heterocycles. The van der Waals surface area contributed by atoms with Crippen LogP contribution in [0.1, 0.15) is 103 Å². The van der Waals surface area contributed by atoms with E-state index in [1.807, 2.05) is 50.2 Å². The topological polar surface area (TPSA) is 375 Å². The van der Waals surface area contributed by atoms with Gasteiger partial charge < -0.3 is 68.2 Å². The molecule has 2 heterocycles. The monoisotopic (exact) mass is 1330 g/mol. The van der Waals surface area contributed by atoms with Crippen LogP contribution >= 0.6 is 11.6 Å². The fourth-order valence-electron chi connectivity index (χ4n) is 11.6. The molecule has 0 radical (unpaired) electrons. The molecule has 26 heteroatoms. The number of halogens is 1. The number of benzene rings is 4. The lowest BCUT2D eigenvalue weighted by atomic mass is 9.84. The third-order valence-electron chi connectivity index (χ3n) is 16.6. The van der Waals surface area contributed by atoms with E-state index >= 15 is 9.59 Å². The van der Waals surface area contributed by atoms with E-state index in [9.17, 15) is 53.4 Å². The van der Waals surface area contributed by atoms with E-state index in [2.05, 4.69) is 36.9 Å². The number of likely N-dealkylation sites (tertiary alicyclic amines) is 1. The van der Waals surface area contributed by atoms with E-state index in [0.29, 0.717) is 61.7 Å². The molecule has 0 bridgehead atoms. The molecule has 6 rings (SSSR count). The number of aliphatic hydroxyl groups is 1. The molecule has 1 fully saturated rings. The number of phenolic OH excluding ortho intramolecular Hbond substituents is 1. The zero-order valence-electron chi connectivity index (χ0n) is 54.7. The number of primary amides is 1. The summed E-state index contributed by atoms with van der Waals surface area (Å²) >= 11 is 6.26. The number of rotatable bonds is 35. The maximum absolute atomic E-state index is 15.3. The molecule has 0 saturated carbocycles. The zero-order valence-corrected chi connectivity index (χ0v) is 55.5. The van der Waals surface area contributed by atoms with Crippen molar-refractivity contribution in [3.63, 3.8) is 0 Å². The van der Waals surface area contributed by atoms with Gasteiger partial charge in [-0.3, -0.25) is 57.8 Å². The third kappa shape index (κ3) is 20.9. The molecular formula is C69H89ClN12O13. The van der Waals surface area contributed by atoms with Gasteiger partial charge in [-0.05, 0) is 134 Å². The van der Waals surface area contributed by atoms with Crippen LogP contribution in [-0.2, 0) is 72.0 Å². The third-order valence-corrected chi connectivity index (χ3v) is 16.9. The number of nitrogens with zero attached hydrogens (tertiary/aromatic N) is 4. The van der Waals surface area contributed by atoms with E-state index in [-0.39, 0.29) is 60.5 Å². The Hall–Kier alpha value is -9.17. The molecule has 12 N–H and O–H groups in total. The Morgan fingerprint density at radius 3 is 1.99 bits per heavy atom. The molecule has 25 nitrogen and oxygen atoms in total. The first kappa shape index (κ1) is 74.9. The van der Waals surface area contributed by atoms with Gasteiger partial charge in [0, 0.05) is 62.5 Å². The number of carbonyl (C=O) groups excluding carboxylic acids is 11. The number of anilines is 1. The Balaban J connectivity index is 1.28. The maximum Gasteiger partial charge on any atom is 0.254 e. The van der Waals surface area contributed by atoms with Crippen molar-refractivity contribution in [3.05, 3.63) is 137 Å². The van der Waals surface area contributed by atoms with Crippen molar-refractivity contribution in [2.24, 2.45) is 17.4 Å². The number of nitrogens with two attached hydrogens (primary N) is 2. The number of hydrogen-bond donors (Lipinski definition) is 10. The van der Waals surface area contributed by atoms with Crippen LogP contribution in [0.25, 0.3) is 10.8 Å². The van der Waals surface area contributed by atoms with Crippen LogP contribution < -0.4 is 48.3 Å². The fourth-order valence-corrected chi connectivity index (χ4v) is 11.7. The van der Waals surface area contributed by atoms with E-state index in [1.54, 1.807) is 32.0 Å². The number of Topliss-reactive ketones (excluding diaryl/α,β-unsaturated/α-hetero) is 1. The second kappa shape index (κ2) is 35.4. The number of ketones is 1. The number of aliphatic hydroxyl groups excluding tert-OH is 1. The number of fused-ring (bicyclic) bond motifs is 1. The summed E-state index contributed by atoms with van der Waals surface area (Å²) in [6.45, 7) is 9.76. The van der Waals surface area contributed by atoms with Crippen molar-refractivity contribution in [2.75, 3.05) is 31.6 Å². The van der Waals surface area contributed by atoms with E-state index in [4.69, 9.17) is 23.1 Å². The highest BCUT2D eigenvalue weighted by Gasteiger charge is 2.51. The predicted molar refractivity (Wildman–Crippen MR) is 358 cm³/mol. The molecule has 95 heavy (non-hydrogen) atoms. The first-order chi connectivity index (χ1) is 45.1. The summed E-state index contributed by atoms with van der Waals surface area (Å²) in [5.74, 6) is -9.77. The van der Waals surface area contributed by atoms with Gasteiger partial charge in [-0.25, -0.2) is 0 Å². The SMILES string of the molecule is CC(=O)N(c1ccc(Cl)cc1)C(C)(C(=O)N[C@H](Cc1cccnc1)C(=O)N[C@@H](CO)C(=O)N(C)[C@@H](Cc1ccc(O)cc1)C(=O)N[C@H](CC(N)=O)C(=O)N[C@@H](CC(C)C)C(=O)N[C@@H](CCCCNC(C)C)C(=O)N1CCC[C@H]1C=O)C(=O)[C@H](N)Cc1ccc2ccccc2c1. The average molecular weight is 1330 g/mol. The van der Waals surface area contributed by atoms with Crippen molar-refractivity contribution in [1.29, 1.82) is 0 Å². The maximum atomic E-state index is 15.3. The highest BCUT2D eigenvalue weighted by Crippen LogP contribution is 2.30. The Kier molecular flexibility index (Phi) is 27.9. The molecule has 4 aromatic carbocycles. The van der Waals surface area contributed by atoms with E-state index in [1.165, 1.54) is 79.8 Å². The number of pyridine rings is 1. The lowest BCUT2D eigenvalue weighted by Gasteiger charge is -2.40. The Morgan fingerprint density at radius 2 is 1.37 bits per heavy atom. The van der Waals surface area contributed by atoms with Gasteiger partial charge in [0.15, 0.2) is 11.3 Å². The summed E-state index contributed by atoms with van der Waals surface area (Å²) in [7, 11) is 1.17. The molecule has 1 aliphatic rings. The van der Waals surface area contributed by atoms with Crippen LogP contribution in [0.2, 0.25) is 5.02 Å². The van der Waals surface area contributed by atoms with Crippen LogP contribution in [0, 0.1) is 5.92 Å². The van der Waals surface area contributed by atoms with Crippen LogP contribution in [0.15, 0.2) is 116 Å². The number of unbranched alkanes of at least 4 members (excludes halogenated alkanes) is 1. The van der Waals surface area contributed by atoms with E-state index in [0.717, 1.165) is 27.5 Å². The summed E-state index contributed by atoms with van der Waals surface area (Å²) in [4.78, 5) is 164. The number of aldehydes is 1. The van der Waals surface area contributed by atoms with Crippen molar-refractivity contribution < 1.29 is 63.0 Å². The molecule has 9 atom stereocenters. The van der Waals surface area contributed by atoms with Crippen LogP contribution in [0.5, 0.6) is 5.75 Å². The first-order valence-electron chi connectivity index (χ1n) is 31.8. The minimum atomic E-state index is -2.50. The van der Waals surface area contributed by atoms with E-state index < -0.39 is 126 Å². The van der Waals surface area contributed by atoms with Gasteiger partial charge in [0.1, 0.15) is 48.3 Å². The van der Waals surface area contributed by atoms with Crippen molar-refractivity contribution in [2.45, 2.75) is 166 Å². The van der Waals surface area contributed by atoms with Gasteiger partial charge in [-0.1, -0.05) is 100.0 Å². The van der Waals surface area contributed by atoms with Crippen LogP contribution in [0.3, 0.4) is 0 Å². The first-order valence-corrected chi connectivity index (χ1v) is 32.2. The minimum absolute atomic E-state index is 0.0229. The highest BCUT2D eigenvalue weighted by atomic mass is 35.5. The second-order valence-corrected chi connectivity index (χ2v) is 25.3. The quantitative estimate of drug-likeness (QED) is 0.0158. The van der Waals surface area contributed by atoms with Crippen LogP contribution in [-0.4, -0.2) is 177 Å². The van der Waals surface area contributed by atoms with Gasteiger partial charge in [-0.15, -0.1) is 0 Å². The number of aromatic hydroxyl groups is 1. The number of nitrogens with one attached hydrogen (secondary N) is 6.